The zero-order valence-electron chi connectivity index (χ0n) is 32.7. The van der Waals surface area contributed by atoms with Crippen LogP contribution < -0.4 is 31.3 Å². The van der Waals surface area contributed by atoms with Gasteiger partial charge in [-0.25, -0.2) is 4.79 Å². The predicted molar refractivity (Wildman–Crippen MR) is 205 cm³/mol. The van der Waals surface area contributed by atoms with Gasteiger partial charge in [-0.05, 0) is 48.3 Å². The zero-order valence-corrected chi connectivity index (χ0v) is 32.7. The zero-order chi connectivity index (χ0) is 42.8. The highest BCUT2D eigenvalue weighted by Gasteiger charge is 2.38. The van der Waals surface area contributed by atoms with Crippen molar-refractivity contribution >= 4 is 29.6 Å². The fraction of sp³-hybridized carbons (Fsp3) is 0.450. The Labute approximate surface area is 330 Å². The van der Waals surface area contributed by atoms with Crippen LogP contribution in [0.25, 0.3) is 0 Å². The van der Waals surface area contributed by atoms with Gasteiger partial charge in [0.1, 0.15) is 12.1 Å². The van der Waals surface area contributed by atoms with Crippen LogP contribution in [0, 0.1) is 10.6 Å². The van der Waals surface area contributed by atoms with Crippen molar-refractivity contribution in [1.82, 2.24) is 26.6 Å². The summed E-state index contributed by atoms with van der Waals surface area (Å²) in [7, 11) is 0. The molecule has 4 atom stereocenters. The summed E-state index contributed by atoms with van der Waals surface area (Å²) < 4.78 is 32.3. The second-order valence-corrected chi connectivity index (χ2v) is 14.6. The molecule has 0 fully saturated rings. The lowest BCUT2D eigenvalue weighted by Gasteiger charge is -2.29. The van der Waals surface area contributed by atoms with Crippen LogP contribution in [-0.4, -0.2) is 76.7 Å². The van der Waals surface area contributed by atoms with Crippen LogP contribution in [0.2, 0.25) is 0 Å². The molecule has 0 aliphatic carbocycles. The third kappa shape index (κ3) is 18.3. The quantitative estimate of drug-likeness (QED) is 0.0742. The molecule has 0 bridgehead atoms. The second-order valence-electron chi connectivity index (χ2n) is 14.6. The summed E-state index contributed by atoms with van der Waals surface area (Å²) in [4.78, 5) is 62.2. The molecule has 312 valence electrons. The number of carbonyl (C=O) groups is 5. The molecule has 4 amide bonds. The van der Waals surface area contributed by atoms with Gasteiger partial charge in [0, 0.05) is 31.3 Å². The summed E-state index contributed by atoms with van der Waals surface area (Å²) in [6.45, 7) is 10.1. The van der Waals surface area contributed by atoms with E-state index in [0.717, 1.165) is 16.7 Å². The van der Waals surface area contributed by atoms with Gasteiger partial charge >= 0.3 is 12.1 Å². The van der Waals surface area contributed by atoms with Crippen molar-refractivity contribution in [3.05, 3.63) is 107 Å². The number of hydrogen-bond donors (Lipinski definition) is 7. The number of aromatic nitrogens is 1. The molecule has 0 aliphatic rings. The van der Waals surface area contributed by atoms with Crippen LogP contribution in [0.15, 0.2) is 79.1 Å². The van der Waals surface area contributed by atoms with Crippen molar-refractivity contribution in [3.8, 4) is 0 Å². The molecule has 14 nitrogen and oxygen atoms in total. The van der Waals surface area contributed by atoms with Gasteiger partial charge in [-0.2, -0.15) is 17.9 Å². The smallest absolute Gasteiger partial charge is 0.490 e. The first kappa shape index (κ1) is 47.6. The van der Waals surface area contributed by atoms with Gasteiger partial charge in [0.15, 0.2) is 12.4 Å². The summed E-state index contributed by atoms with van der Waals surface area (Å²) in [6, 6.07) is 17.0. The average Bonchev–Trinajstić information content (AvgIpc) is 3.15. The van der Waals surface area contributed by atoms with Crippen molar-refractivity contribution in [1.29, 1.82) is 0 Å². The topological polar surface area (TPSA) is 213 Å². The van der Waals surface area contributed by atoms with E-state index in [1.54, 1.807) is 6.92 Å². The largest absolute Gasteiger partial charge is 0.619 e. The van der Waals surface area contributed by atoms with Gasteiger partial charge in [0.05, 0.1) is 18.2 Å². The maximum Gasteiger partial charge on any atom is 0.490 e. The van der Waals surface area contributed by atoms with Gasteiger partial charge < -0.3 is 42.0 Å². The van der Waals surface area contributed by atoms with Gasteiger partial charge in [0.2, 0.25) is 17.7 Å². The molecule has 3 aromatic rings. The van der Waals surface area contributed by atoms with Gasteiger partial charge in [-0.15, -0.1) is 0 Å². The minimum atomic E-state index is -5.08. The number of amides is 4. The molecule has 0 spiro atoms. The number of carboxylic acids is 1. The lowest BCUT2D eigenvalue weighted by atomic mass is 9.87. The van der Waals surface area contributed by atoms with Crippen LogP contribution >= 0.6 is 0 Å². The summed E-state index contributed by atoms with van der Waals surface area (Å²) in [5.74, 6) is -4.31. The molecular formula is C40H53F3N6O8. The lowest BCUT2D eigenvalue weighted by Crippen LogP contribution is -2.57. The average molecular weight is 803 g/mol. The summed E-state index contributed by atoms with van der Waals surface area (Å²) in [5, 5.41) is 42.7. The first-order chi connectivity index (χ1) is 26.7. The molecule has 0 saturated heterocycles. The number of benzene rings is 2. The van der Waals surface area contributed by atoms with Crippen molar-refractivity contribution in [2.75, 3.05) is 6.54 Å². The number of halogens is 3. The number of pyridine rings is 1. The highest BCUT2D eigenvalue weighted by Crippen LogP contribution is 2.21. The van der Waals surface area contributed by atoms with E-state index in [1.807, 2.05) is 82.3 Å². The predicted octanol–water partition coefficient (Wildman–Crippen LogP) is 3.29. The van der Waals surface area contributed by atoms with E-state index in [-0.39, 0.29) is 35.9 Å². The molecule has 1 aromatic heterocycles. The van der Waals surface area contributed by atoms with E-state index in [4.69, 9.17) is 9.90 Å². The molecule has 0 unspecified atom stereocenters. The Bertz CT molecular complexity index is 1740. The molecule has 0 aliphatic heterocycles. The molecule has 0 radical (unpaired) electrons. The molecule has 0 saturated carbocycles. The van der Waals surface area contributed by atoms with Gasteiger partial charge in [-0.3, -0.25) is 19.2 Å². The number of hydrogen-bond acceptors (Lipinski definition) is 8. The Morgan fingerprint density at radius 1 is 0.789 bits per heavy atom. The van der Waals surface area contributed by atoms with Crippen LogP contribution in [-0.2, 0) is 38.8 Å². The number of rotatable bonds is 18. The fourth-order valence-corrected chi connectivity index (χ4v) is 5.35. The molecule has 2 aromatic carbocycles. The second kappa shape index (κ2) is 22.9. The summed E-state index contributed by atoms with van der Waals surface area (Å²) in [6.07, 6.45) is -0.866. The number of alkyl halides is 3. The van der Waals surface area contributed by atoms with E-state index in [9.17, 15) is 42.7 Å². The Kier molecular flexibility index (Phi) is 19.1. The molecule has 57 heavy (non-hydrogen) atoms. The first-order valence-corrected chi connectivity index (χ1v) is 18.4. The number of nitrogens with zero attached hydrogens (tertiary/aromatic N) is 1. The molecular weight excluding hydrogens is 749 g/mol. The van der Waals surface area contributed by atoms with Crippen LogP contribution in [0.1, 0.15) is 80.9 Å². The molecule has 1 heterocycles. The van der Waals surface area contributed by atoms with Crippen LogP contribution in [0.4, 0.5) is 13.2 Å². The first-order valence-electron chi connectivity index (χ1n) is 18.4. The Morgan fingerprint density at radius 3 is 1.88 bits per heavy atom. The van der Waals surface area contributed by atoms with Gasteiger partial charge in [-0.1, -0.05) is 88.7 Å². The van der Waals surface area contributed by atoms with Crippen LogP contribution in [0.5, 0.6) is 0 Å². The molecule has 3 rings (SSSR count). The molecule has 17 heteroatoms. The van der Waals surface area contributed by atoms with Crippen molar-refractivity contribution in [2.24, 2.45) is 5.41 Å². The van der Waals surface area contributed by atoms with E-state index >= 15 is 0 Å². The number of aliphatic hydroxyl groups is 1. The summed E-state index contributed by atoms with van der Waals surface area (Å²) >= 11 is 0. The Hall–Kier alpha value is -5.55. The minimum absolute atomic E-state index is 0.0460. The highest BCUT2D eigenvalue weighted by molar-refractivity contribution is 5.98. The maximum absolute atomic E-state index is 13.8. The van der Waals surface area contributed by atoms with E-state index in [2.05, 4.69) is 26.6 Å². The number of aliphatic hydroxyl groups excluding tert-OH is 1. The maximum atomic E-state index is 13.8. The minimum Gasteiger partial charge on any atom is -0.619 e. The third-order valence-corrected chi connectivity index (χ3v) is 8.36. The van der Waals surface area contributed by atoms with Crippen molar-refractivity contribution in [2.45, 2.75) is 104 Å². The Morgan fingerprint density at radius 2 is 1.35 bits per heavy atom. The molecule has 7 N–H and O–H groups in total. The van der Waals surface area contributed by atoms with E-state index in [0.29, 0.717) is 37.0 Å². The lowest BCUT2D eigenvalue weighted by molar-refractivity contribution is -0.605. The van der Waals surface area contributed by atoms with Crippen LogP contribution in [0.3, 0.4) is 0 Å². The standard InChI is InChI=1S/C38H52N6O6.C2HF3O2/c1-6-10-32(42-37(49)33(22-38(3,4)5)43-35(47)30-17-19-44(50)20-18-30)36(48)41-31(21-27-11-8-7-9-12-27)24-39-26(2)34(46)40-23-28-13-15-29(25-45)16-14-28;3-2(4,5)1(6)7/h7-9,11-20,26,31-33,39,45H,6,10,21-25H2,1-5H3,(H,40,46)(H,41,48)(H,42,49)(H,43,47);(H,6,7)/t26-,31-,32-,33-;/m0./s1. The number of nitrogens with one attached hydrogen (secondary N) is 5. The SMILES string of the molecule is CCC[C@H](NC(=O)[C@H](CC(C)(C)C)NC(=O)c1cc[n+]([O-])cc1)C(=O)N[C@H](CN[C@@H](C)C(=O)NCc1ccc(CO)cc1)Cc1ccccc1.O=C(O)C(F)(F)F. The normalized spacial score (nSPS) is 13.4. The summed E-state index contributed by atoms with van der Waals surface area (Å²) in [5.41, 5.74) is 2.61. The van der Waals surface area contributed by atoms with E-state index < -0.39 is 48.1 Å². The Balaban J connectivity index is 0.00000146. The van der Waals surface area contributed by atoms with E-state index in [1.165, 1.54) is 24.5 Å². The third-order valence-electron chi connectivity index (χ3n) is 8.36. The monoisotopic (exact) mass is 802 g/mol. The van der Waals surface area contributed by atoms with Gasteiger partial charge in [0.25, 0.3) is 5.91 Å². The number of aliphatic carboxylic acids is 1. The fourth-order valence-electron chi connectivity index (χ4n) is 5.35. The van der Waals surface area contributed by atoms with Crippen molar-refractivity contribution < 1.29 is 52.1 Å². The number of carbonyl (C=O) groups excluding carboxylic acids is 4. The number of carboxylic acid groups (broad SMARTS) is 1. The highest BCUT2D eigenvalue weighted by atomic mass is 19.4. The van der Waals surface area contributed by atoms with Crippen molar-refractivity contribution in [3.63, 3.8) is 0 Å².